The van der Waals surface area contributed by atoms with Gasteiger partial charge in [-0.15, -0.1) is 11.3 Å². The lowest BCUT2D eigenvalue weighted by atomic mass is 10.0. The monoisotopic (exact) mass is 318 g/mol. The molecule has 0 amide bonds. The van der Waals surface area contributed by atoms with E-state index in [1.807, 2.05) is 11.4 Å². The predicted molar refractivity (Wildman–Crippen MR) is 88.5 cm³/mol. The first kappa shape index (κ1) is 15.3. The molecular weight excluding hydrogens is 296 g/mol. The normalized spacial score (nSPS) is 15.5. The van der Waals surface area contributed by atoms with Crippen molar-refractivity contribution in [3.63, 3.8) is 0 Å². The lowest BCUT2D eigenvalue weighted by Gasteiger charge is -2.07. The number of rotatable bonds is 6. The Kier molecular flexibility index (Phi) is 4.93. The first-order chi connectivity index (χ1) is 10.7. The molecule has 22 heavy (non-hydrogen) atoms. The summed E-state index contributed by atoms with van der Waals surface area (Å²) in [5, 5.41) is 2.04. The molecule has 2 aromatic heterocycles. The maximum Gasteiger partial charge on any atom is 0.334 e. The largest absolute Gasteiger partial charge is 0.334 e. The Balaban J connectivity index is 1.57. The third kappa shape index (κ3) is 3.58. The van der Waals surface area contributed by atoms with Crippen LogP contribution in [0.15, 0.2) is 34.7 Å². The first-order valence-corrected chi connectivity index (χ1v) is 8.95. The summed E-state index contributed by atoms with van der Waals surface area (Å²) in [4.78, 5) is 25.8. The van der Waals surface area contributed by atoms with Crippen LogP contribution in [-0.4, -0.2) is 15.0 Å². The van der Waals surface area contributed by atoms with Crippen molar-refractivity contribution < 1.29 is 4.79 Å². The standard InChI is InChI=1S/C17H22N2O2S/c20-16(8-7-14-4-1-2-5-14)19-12-11-18(17(19)21)10-9-15-6-3-13-22-15/h3,6,11-14H,1-2,4-5,7-10H2. The Morgan fingerprint density at radius 3 is 2.82 bits per heavy atom. The fourth-order valence-electron chi connectivity index (χ4n) is 3.21. The van der Waals surface area contributed by atoms with Crippen LogP contribution in [-0.2, 0) is 13.0 Å². The van der Waals surface area contributed by atoms with E-state index in [9.17, 15) is 9.59 Å². The van der Waals surface area contributed by atoms with Gasteiger partial charge in [0.15, 0.2) is 0 Å². The molecule has 118 valence electrons. The molecule has 0 atom stereocenters. The number of hydrogen-bond donors (Lipinski definition) is 0. The molecule has 0 aromatic carbocycles. The van der Waals surface area contributed by atoms with E-state index < -0.39 is 0 Å². The molecule has 3 rings (SSSR count). The average Bonchev–Trinajstić information content (AvgIpc) is 3.25. The van der Waals surface area contributed by atoms with Gasteiger partial charge in [0, 0.05) is 30.2 Å². The van der Waals surface area contributed by atoms with Crippen LogP contribution in [0.2, 0.25) is 0 Å². The van der Waals surface area contributed by atoms with Crippen LogP contribution in [0.4, 0.5) is 0 Å². The second-order valence-corrected chi connectivity index (χ2v) is 7.09. The van der Waals surface area contributed by atoms with Crippen LogP contribution < -0.4 is 5.69 Å². The molecule has 1 aliphatic carbocycles. The summed E-state index contributed by atoms with van der Waals surface area (Å²) in [5.41, 5.74) is -0.201. The number of carbonyl (C=O) groups is 1. The minimum atomic E-state index is -0.201. The van der Waals surface area contributed by atoms with Crippen molar-refractivity contribution in [3.8, 4) is 0 Å². The maximum atomic E-state index is 12.3. The molecule has 0 unspecified atom stereocenters. The number of hydrogen-bond acceptors (Lipinski definition) is 3. The molecule has 0 radical (unpaired) electrons. The van der Waals surface area contributed by atoms with E-state index in [0.29, 0.717) is 18.9 Å². The van der Waals surface area contributed by atoms with Gasteiger partial charge in [-0.1, -0.05) is 31.7 Å². The molecule has 0 spiro atoms. The molecule has 0 bridgehead atoms. The van der Waals surface area contributed by atoms with Crippen molar-refractivity contribution in [1.29, 1.82) is 0 Å². The molecule has 0 saturated heterocycles. The van der Waals surface area contributed by atoms with E-state index >= 15 is 0 Å². The summed E-state index contributed by atoms with van der Waals surface area (Å²) in [6.07, 6.45) is 10.6. The van der Waals surface area contributed by atoms with E-state index in [0.717, 1.165) is 12.8 Å². The SMILES string of the molecule is O=C(CCC1CCCC1)n1ccn(CCc2cccs2)c1=O. The van der Waals surface area contributed by atoms with E-state index in [-0.39, 0.29) is 11.6 Å². The third-order valence-corrected chi connectivity index (χ3v) is 5.47. The predicted octanol–water partition coefficient (Wildman–Crippen LogP) is 3.56. The Labute approximate surface area is 134 Å². The van der Waals surface area contributed by atoms with Gasteiger partial charge in [0.2, 0.25) is 5.91 Å². The Morgan fingerprint density at radius 2 is 2.09 bits per heavy atom. The van der Waals surface area contributed by atoms with E-state index in [1.165, 1.54) is 35.1 Å². The zero-order chi connectivity index (χ0) is 15.4. The van der Waals surface area contributed by atoms with E-state index in [1.54, 1.807) is 28.3 Å². The zero-order valence-corrected chi connectivity index (χ0v) is 13.6. The van der Waals surface area contributed by atoms with Crippen LogP contribution in [0.1, 0.15) is 48.2 Å². The summed E-state index contributed by atoms with van der Waals surface area (Å²) >= 11 is 1.69. The number of aryl methyl sites for hydroxylation is 2. The van der Waals surface area contributed by atoms with Gasteiger partial charge in [0.25, 0.3) is 0 Å². The second-order valence-electron chi connectivity index (χ2n) is 6.06. The van der Waals surface area contributed by atoms with Crippen LogP contribution in [0.25, 0.3) is 0 Å². The summed E-state index contributed by atoms with van der Waals surface area (Å²) < 4.78 is 2.91. The summed E-state index contributed by atoms with van der Waals surface area (Å²) in [6, 6.07) is 4.08. The molecule has 5 heteroatoms. The minimum absolute atomic E-state index is 0.0632. The van der Waals surface area contributed by atoms with Crippen molar-refractivity contribution in [2.45, 2.75) is 51.5 Å². The highest BCUT2D eigenvalue weighted by molar-refractivity contribution is 7.09. The third-order valence-electron chi connectivity index (χ3n) is 4.54. The summed E-state index contributed by atoms with van der Waals surface area (Å²) in [6.45, 7) is 0.627. The fourth-order valence-corrected chi connectivity index (χ4v) is 3.90. The minimum Gasteiger partial charge on any atom is -0.298 e. The molecule has 2 heterocycles. The number of carbonyl (C=O) groups excluding carboxylic acids is 1. The Morgan fingerprint density at radius 1 is 1.27 bits per heavy atom. The molecule has 4 nitrogen and oxygen atoms in total. The van der Waals surface area contributed by atoms with Crippen molar-refractivity contribution in [3.05, 3.63) is 45.3 Å². The van der Waals surface area contributed by atoms with E-state index in [2.05, 4.69) is 6.07 Å². The number of nitrogens with zero attached hydrogens (tertiary/aromatic N) is 2. The summed E-state index contributed by atoms with van der Waals surface area (Å²) in [7, 11) is 0. The van der Waals surface area contributed by atoms with Crippen LogP contribution >= 0.6 is 11.3 Å². The number of thiophene rings is 1. The van der Waals surface area contributed by atoms with Gasteiger partial charge < -0.3 is 0 Å². The van der Waals surface area contributed by atoms with Crippen LogP contribution in [0.3, 0.4) is 0 Å². The molecule has 0 N–H and O–H groups in total. The van der Waals surface area contributed by atoms with Crippen LogP contribution in [0, 0.1) is 5.92 Å². The van der Waals surface area contributed by atoms with Crippen molar-refractivity contribution in [2.24, 2.45) is 5.92 Å². The highest BCUT2D eigenvalue weighted by Crippen LogP contribution is 2.28. The van der Waals surface area contributed by atoms with Gasteiger partial charge in [-0.3, -0.25) is 9.36 Å². The molecule has 1 fully saturated rings. The lowest BCUT2D eigenvalue weighted by molar-refractivity contribution is 0.0888. The van der Waals surface area contributed by atoms with Crippen molar-refractivity contribution in [2.75, 3.05) is 0 Å². The Bertz CT molecular complexity index is 663. The number of imidazole rings is 1. The topological polar surface area (TPSA) is 44.0 Å². The Hall–Kier alpha value is -1.62. The van der Waals surface area contributed by atoms with Gasteiger partial charge in [0.1, 0.15) is 0 Å². The van der Waals surface area contributed by atoms with E-state index in [4.69, 9.17) is 0 Å². The quantitative estimate of drug-likeness (QED) is 0.817. The molecular formula is C17H22N2O2S. The average molecular weight is 318 g/mol. The van der Waals surface area contributed by atoms with Crippen LogP contribution in [0.5, 0.6) is 0 Å². The highest BCUT2D eigenvalue weighted by Gasteiger charge is 2.18. The van der Waals surface area contributed by atoms with Gasteiger partial charge in [-0.2, -0.15) is 0 Å². The van der Waals surface area contributed by atoms with Gasteiger partial charge in [-0.05, 0) is 30.2 Å². The van der Waals surface area contributed by atoms with Gasteiger partial charge in [0.05, 0.1) is 0 Å². The molecule has 1 aliphatic rings. The first-order valence-electron chi connectivity index (χ1n) is 8.07. The molecule has 0 aliphatic heterocycles. The number of aromatic nitrogens is 2. The van der Waals surface area contributed by atoms with Gasteiger partial charge >= 0.3 is 5.69 Å². The van der Waals surface area contributed by atoms with Gasteiger partial charge in [-0.25, -0.2) is 9.36 Å². The maximum absolute atomic E-state index is 12.3. The highest BCUT2D eigenvalue weighted by atomic mass is 32.1. The summed E-state index contributed by atoms with van der Waals surface area (Å²) in [5.74, 6) is 0.618. The fraction of sp³-hybridized carbons (Fsp3) is 0.529. The second kappa shape index (κ2) is 7.09. The van der Waals surface area contributed by atoms with Crippen molar-refractivity contribution in [1.82, 2.24) is 9.13 Å². The molecule has 1 saturated carbocycles. The van der Waals surface area contributed by atoms with Crippen molar-refractivity contribution >= 4 is 17.2 Å². The zero-order valence-electron chi connectivity index (χ0n) is 12.7. The smallest absolute Gasteiger partial charge is 0.298 e. The lowest BCUT2D eigenvalue weighted by Crippen LogP contribution is -2.29. The molecule has 2 aromatic rings.